The average molecular weight is 256 g/mol. The van der Waals surface area contributed by atoms with Crippen LogP contribution in [0.4, 0.5) is 0 Å². The van der Waals surface area contributed by atoms with E-state index in [4.69, 9.17) is 9.47 Å². The molecule has 0 saturated carbocycles. The third-order valence-electron chi connectivity index (χ3n) is 3.12. The second-order valence-corrected chi connectivity index (χ2v) is 4.79. The maximum absolute atomic E-state index is 5.95. The molecule has 2 aromatic rings. The summed E-state index contributed by atoms with van der Waals surface area (Å²) in [7, 11) is 1.68. The van der Waals surface area contributed by atoms with Gasteiger partial charge in [0, 0.05) is 5.56 Å². The van der Waals surface area contributed by atoms with Crippen molar-refractivity contribution in [2.75, 3.05) is 7.11 Å². The Bertz CT molecular complexity index is 532. The lowest BCUT2D eigenvalue weighted by Gasteiger charge is -2.15. The van der Waals surface area contributed by atoms with Gasteiger partial charge in [0.15, 0.2) is 0 Å². The van der Waals surface area contributed by atoms with E-state index in [1.54, 1.807) is 7.11 Å². The lowest BCUT2D eigenvalue weighted by Crippen LogP contribution is -2.01. The molecule has 0 amide bonds. The molecule has 0 saturated heterocycles. The van der Waals surface area contributed by atoms with Crippen LogP contribution in [0.3, 0.4) is 0 Å². The van der Waals surface area contributed by atoms with Crippen molar-refractivity contribution in [3.63, 3.8) is 0 Å². The van der Waals surface area contributed by atoms with Crippen LogP contribution in [0.2, 0.25) is 0 Å². The van der Waals surface area contributed by atoms with Crippen molar-refractivity contribution in [2.24, 2.45) is 0 Å². The first-order valence-electron chi connectivity index (χ1n) is 6.56. The van der Waals surface area contributed by atoms with Crippen LogP contribution < -0.4 is 9.47 Å². The summed E-state index contributed by atoms with van der Waals surface area (Å²) >= 11 is 0. The maximum atomic E-state index is 5.95. The number of benzene rings is 2. The first kappa shape index (κ1) is 13.5. The largest absolute Gasteiger partial charge is 0.496 e. The van der Waals surface area contributed by atoms with Crippen LogP contribution in [-0.4, -0.2) is 7.11 Å². The Morgan fingerprint density at radius 3 is 2.21 bits per heavy atom. The predicted octanol–water partition coefficient (Wildman–Crippen LogP) is 4.40. The molecule has 2 aromatic carbocycles. The lowest BCUT2D eigenvalue weighted by molar-refractivity contribution is 0.293. The van der Waals surface area contributed by atoms with Crippen molar-refractivity contribution >= 4 is 0 Å². The SMILES string of the molecule is COc1ccccc1COc1ccccc1C(C)C. The predicted molar refractivity (Wildman–Crippen MR) is 77.9 cm³/mol. The van der Waals surface area contributed by atoms with Crippen LogP contribution in [0.1, 0.15) is 30.9 Å². The minimum absolute atomic E-state index is 0.453. The van der Waals surface area contributed by atoms with Crippen molar-refractivity contribution in [1.29, 1.82) is 0 Å². The molecule has 0 fully saturated rings. The summed E-state index contributed by atoms with van der Waals surface area (Å²) in [6, 6.07) is 16.1. The molecule has 0 heterocycles. The van der Waals surface area contributed by atoms with Gasteiger partial charge in [-0.2, -0.15) is 0 Å². The molecule has 2 rings (SSSR count). The Balaban J connectivity index is 2.15. The molecule has 0 bridgehead atoms. The van der Waals surface area contributed by atoms with E-state index in [1.165, 1.54) is 5.56 Å². The second kappa shape index (κ2) is 6.28. The second-order valence-electron chi connectivity index (χ2n) is 4.79. The van der Waals surface area contributed by atoms with E-state index in [0.717, 1.165) is 17.1 Å². The Hall–Kier alpha value is -1.96. The molecule has 100 valence electrons. The van der Waals surface area contributed by atoms with Gasteiger partial charge in [-0.3, -0.25) is 0 Å². The van der Waals surface area contributed by atoms with Crippen LogP contribution >= 0.6 is 0 Å². The van der Waals surface area contributed by atoms with Crippen molar-refractivity contribution in [3.8, 4) is 11.5 Å². The van der Waals surface area contributed by atoms with Gasteiger partial charge in [0.2, 0.25) is 0 Å². The first-order valence-corrected chi connectivity index (χ1v) is 6.56. The number of para-hydroxylation sites is 2. The Morgan fingerprint density at radius 2 is 1.53 bits per heavy atom. The molecule has 2 nitrogen and oxygen atoms in total. The molecule has 19 heavy (non-hydrogen) atoms. The highest BCUT2D eigenvalue weighted by Gasteiger charge is 2.08. The van der Waals surface area contributed by atoms with Gasteiger partial charge in [-0.1, -0.05) is 50.2 Å². The molecule has 2 heteroatoms. The number of rotatable bonds is 5. The number of hydrogen-bond donors (Lipinski definition) is 0. The molecular formula is C17H20O2. The van der Waals surface area contributed by atoms with Crippen LogP contribution in [0.15, 0.2) is 48.5 Å². The standard InChI is InChI=1S/C17H20O2/c1-13(2)15-9-5-7-11-17(15)19-12-14-8-4-6-10-16(14)18-3/h4-11,13H,12H2,1-3H3. The Kier molecular flexibility index (Phi) is 4.45. The van der Waals surface area contributed by atoms with E-state index >= 15 is 0 Å². The van der Waals surface area contributed by atoms with Gasteiger partial charge in [0.25, 0.3) is 0 Å². The summed E-state index contributed by atoms with van der Waals surface area (Å²) in [5.41, 5.74) is 2.29. The summed E-state index contributed by atoms with van der Waals surface area (Å²) in [6.45, 7) is 4.87. The monoisotopic (exact) mass is 256 g/mol. The Labute approximate surface area is 115 Å². The minimum Gasteiger partial charge on any atom is -0.496 e. The van der Waals surface area contributed by atoms with E-state index in [9.17, 15) is 0 Å². The smallest absolute Gasteiger partial charge is 0.125 e. The molecule has 0 unspecified atom stereocenters. The molecule has 0 N–H and O–H groups in total. The molecule has 0 radical (unpaired) electrons. The highest BCUT2D eigenvalue weighted by Crippen LogP contribution is 2.27. The highest BCUT2D eigenvalue weighted by molar-refractivity contribution is 5.37. The summed E-state index contributed by atoms with van der Waals surface area (Å²) in [4.78, 5) is 0. The van der Waals surface area contributed by atoms with E-state index in [-0.39, 0.29) is 0 Å². The van der Waals surface area contributed by atoms with E-state index in [1.807, 2.05) is 42.5 Å². The number of ether oxygens (including phenoxy) is 2. The van der Waals surface area contributed by atoms with E-state index in [0.29, 0.717) is 12.5 Å². The summed E-state index contributed by atoms with van der Waals surface area (Å²) in [6.07, 6.45) is 0. The third-order valence-corrected chi connectivity index (χ3v) is 3.12. The van der Waals surface area contributed by atoms with Crippen LogP contribution in [0.5, 0.6) is 11.5 Å². The molecule has 0 aliphatic carbocycles. The third kappa shape index (κ3) is 3.28. The van der Waals surface area contributed by atoms with E-state index < -0.39 is 0 Å². The van der Waals surface area contributed by atoms with Gasteiger partial charge < -0.3 is 9.47 Å². The molecule has 0 atom stereocenters. The normalized spacial score (nSPS) is 10.5. The van der Waals surface area contributed by atoms with Gasteiger partial charge in [-0.05, 0) is 23.6 Å². The Morgan fingerprint density at radius 1 is 0.895 bits per heavy atom. The fourth-order valence-corrected chi connectivity index (χ4v) is 2.07. The van der Waals surface area contributed by atoms with Gasteiger partial charge in [-0.25, -0.2) is 0 Å². The topological polar surface area (TPSA) is 18.5 Å². The van der Waals surface area contributed by atoms with Crippen molar-refractivity contribution in [1.82, 2.24) is 0 Å². The lowest BCUT2D eigenvalue weighted by atomic mass is 10.0. The molecule has 0 spiro atoms. The van der Waals surface area contributed by atoms with Crippen LogP contribution in [-0.2, 0) is 6.61 Å². The van der Waals surface area contributed by atoms with Crippen molar-refractivity contribution in [3.05, 3.63) is 59.7 Å². The quantitative estimate of drug-likeness (QED) is 0.789. The zero-order valence-electron chi connectivity index (χ0n) is 11.7. The van der Waals surface area contributed by atoms with Crippen molar-refractivity contribution in [2.45, 2.75) is 26.4 Å². The number of methoxy groups -OCH3 is 1. The molecule has 0 aliphatic rings. The zero-order chi connectivity index (χ0) is 13.7. The highest BCUT2D eigenvalue weighted by atomic mass is 16.5. The van der Waals surface area contributed by atoms with Crippen LogP contribution in [0.25, 0.3) is 0 Å². The minimum atomic E-state index is 0.453. The van der Waals surface area contributed by atoms with Gasteiger partial charge in [0.05, 0.1) is 7.11 Å². The zero-order valence-corrected chi connectivity index (χ0v) is 11.7. The summed E-state index contributed by atoms with van der Waals surface area (Å²) < 4.78 is 11.3. The number of hydrogen-bond acceptors (Lipinski definition) is 2. The summed E-state index contributed by atoms with van der Waals surface area (Å²) in [5, 5.41) is 0. The van der Waals surface area contributed by atoms with Crippen LogP contribution in [0, 0.1) is 0 Å². The van der Waals surface area contributed by atoms with Gasteiger partial charge >= 0.3 is 0 Å². The maximum Gasteiger partial charge on any atom is 0.125 e. The molecule has 0 aliphatic heterocycles. The average Bonchev–Trinajstić information content (AvgIpc) is 2.45. The molecular weight excluding hydrogens is 236 g/mol. The first-order chi connectivity index (χ1) is 9.22. The fraction of sp³-hybridized carbons (Fsp3) is 0.294. The van der Waals surface area contributed by atoms with E-state index in [2.05, 4.69) is 19.9 Å². The van der Waals surface area contributed by atoms with Crippen molar-refractivity contribution < 1.29 is 9.47 Å². The molecule has 0 aromatic heterocycles. The fourth-order valence-electron chi connectivity index (χ4n) is 2.07. The van der Waals surface area contributed by atoms with Gasteiger partial charge in [0.1, 0.15) is 18.1 Å². The van der Waals surface area contributed by atoms with Gasteiger partial charge in [-0.15, -0.1) is 0 Å². The summed E-state index contributed by atoms with van der Waals surface area (Å²) in [5.74, 6) is 2.27.